The van der Waals surface area contributed by atoms with E-state index in [2.05, 4.69) is 15.1 Å². The molecule has 1 aliphatic rings. The molecule has 0 aliphatic heterocycles. The standard InChI is InChI=1S/C17H16N4O3/c1-24-14-8-4-5-10(15(14)22)9-13-16(23)19-17-18-11-6-2-3-7-12(11)20-21(13)17/h4-6,8-9,22H,2-3,7H2,1H3,(H,18,19,23)/b13-9-. The number of benzene rings is 1. The van der Waals surface area contributed by atoms with Crippen molar-refractivity contribution in [1.82, 2.24) is 19.6 Å². The van der Waals surface area contributed by atoms with E-state index in [1.165, 1.54) is 11.6 Å². The highest BCUT2D eigenvalue weighted by Crippen LogP contribution is 2.29. The van der Waals surface area contributed by atoms with Crippen molar-refractivity contribution in [3.05, 3.63) is 50.5 Å². The second kappa shape index (κ2) is 5.52. The number of rotatable bonds is 2. The Balaban J connectivity index is 2.01. The number of methoxy groups -OCH3 is 1. The van der Waals surface area contributed by atoms with Crippen molar-refractivity contribution in [2.24, 2.45) is 0 Å². The molecule has 3 aromatic rings. The van der Waals surface area contributed by atoms with E-state index < -0.39 is 0 Å². The molecule has 0 spiro atoms. The smallest absolute Gasteiger partial charge is 0.276 e. The number of aryl methyl sites for hydroxylation is 1. The Labute approximate surface area is 136 Å². The molecule has 7 nitrogen and oxygen atoms in total. The minimum atomic E-state index is -0.306. The summed E-state index contributed by atoms with van der Waals surface area (Å²) in [4.78, 5) is 19.5. The molecule has 2 N–H and O–H groups in total. The van der Waals surface area contributed by atoms with E-state index in [-0.39, 0.29) is 11.3 Å². The van der Waals surface area contributed by atoms with Crippen molar-refractivity contribution in [3.8, 4) is 11.5 Å². The molecular formula is C17H16N4O3. The summed E-state index contributed by atoms with van der Waals surface area (Å²) < 4.78 is 6.60. The number of aromatic hydroxyl groups is 1. The Morgan fingerprint density at radius 2 is 2.29 bits per heavy atom. The summed E-state index contributed by atoms with van der Waals surface area (Å²) in [7, 11) is 1.48. The van der Waals surface area contributed by atoms with E-state index in [0.29, 0.717) is 22.4 Å². The molecule has 4 rings (SSSR count). The molecule has 0 amide bonds. The van der Waals surface area contributed by atoms with E-state index in [1.54, 1.807) is 24.3 Å². The van der Waals surface area contributed by atoms with Crippen molar-refractivity contribution < 1.29 is 9.84 Å². The van der Waals surface area contributed by atoms with Gasteiger partial charge < -0.3 is 9.84 Å². The number of fused-ring (bicyclic) bond motifs is 2. The predicted octanol–water partition coefficient (Wildman–Crippen LogP) is 0.0774. The molecule has 2 aromatic heterocycles. The van der Waals surface area contributed by atoms with Crippen LogP contribution in [0, 0.1) is 0 Å². The average Bonchev–Trinajstić information content (AvgIpc) is 2.89. The second-order valence-corrected chi connectivity index (χ2v) is 5.66. The van der Waals surface area contributed by atoms with Gasteiger partial charge in [0.2, 0.25) is 5.78 Å². The highest BCUT2D eigenvalue weighted by Gasteiger charge is 2.11. The van der Waals surface area contributed by atoms with Crippen molar-refractivity contribution >= 4 is 17.9 Å². The summed E-state index contributed by atoms with van der Waals surface area (Å²) in [5.41, 5.74) is 1.05. The van der Waals surface area contributed by atoms with Gasteiger partial charge in [0.1, 0.15) is 5.35 Å². The zero-order valence-electron chi connectivity index (χ0n) is 13.1. The van der Waals surface area contributed by atoms with Gasteiger partial charge in [-0.15, -0.1) is 0 Å². The minimum Gasteiger partial charge on any atom is -0.504 e. The number of aromatic nitrogens is 4. The van der Waals surface area contributed by atoms with Crippen LogP contribution in [0.3, 0.4) is 0 Å². The molecule has 1 aromatic carbocycles. The zero-order valence-corrected chi connectivity index (χ0v) is 13.1. The van der Waals surface area contributed by atoms with Crippen LogP contribution in [-0.2, 0) is 6.42 Å². The summed E-state index contributed by atoms with van der Waals surface area (Å²) in [6, 6.07) is 5.10. The first-order valence-corrected chi connectivity index (χ1v) is 7.73. The number of para-hydroxylation sites is 1. The van der Waals surface area contributed by atoms with Gasteiger partial charge in [0, 0.05) is 5.56 Å². The molecule has 0 saturated carbocycles. The maximum Gasteiger partial charge on any atom is 0.276 e. The highest BCUT2D eigenvalue weighted by atomic mass is 16.5. The van der Waals surface area contributed by atoms with Gasteiger partial charge in [-0.25, -0.2) is 4.98 Å². The zero-order chi connectivity index (χ0) is 16.7. The molecule has 7 heteroatoms. The number of phenolic OH excluding ortho intramolecular Hbond substituents is 1. The van der Waals surface area contributed by atoms with Gasteiger partial charge in [-0.2, -0.15) is 9.61 Å². The molecule has 0 fully saturated rings. The van der Waals surface area contributed by atoms with Gasteiger partial charge in [-0.1, -0.05) is 18.2 Å². The van der Waals surface area contributed by atoms with Gasteiger partial charge >= 0.3 is 0 Å². The maximum absolute atomic E-state index is 12.3. The molecule has 0 radical (unpaired) electrons. The summed E-state index contributed by atoms with van der Waals surface area (Å²) in [5, 5.41) is 15.9. The van der Waals surface area contributed by atoms with E-state index >= 15 is 0 Å². The van der Waals surface area contributed by atoms with Gasteiger partial charge in [-0.05, 0) is 31.4 Å². The summed E-state index contributed by atoms with van der Waals surface area (Å²) in [6.07, 6.45) is 6.45. The van der Waals surface area contributed by atoms with Crippen LogP contribution in [0.2, 0.25) is 0 Å². The average molecular weight is 324 g/mol. The Hall–Kier alpha value is -3.09. The van der Waals surface area contributed by atoms with Gasteiger partial charge in [0.15, 0.2) is 11.5 Å². The third-order valence-electron chi connectivity index (χ3n) is 4.13. The fourth-order valence-corrected chi connectivity index (χ4v) is 2.90. The Morgan fingerprint density at radius 3 is 3.12 bits per heavy atom. The lowest BCUT2D eigenvalue weighted by molar-refractivity contribution is 0.373. The molecule has 0 unspecified atom stereocenters. The number of imidazole rings is 1. The molecule has 122 valence electrons. The lowest BCUT2D eigenvalue weighted by Crippen LogP contribution is -2.30. The third-order valence-corrected chi connectivity index (χ3v) is 4.13. The predicted molar refractivity (Wildman–Crippen MR) is 88.5 cm³/mol. The quantitative estimate of drug-likeness (QED) is 0.696. The SMILES string of the molecule is COc1cccc(/C=c2/c(=O)[nH]c3nc4c(nn23)CCCC=4)c1O. The second-order valence-electron chi connectivity index (χ2n) is 5.66. The third kappa shape index (κ3) is 2.25. The molecule has 0 bridgehead atoms. The number of H-pyrrole nitrogens is 1. The highest BCUT2D eigenvalue weighted by molar-refractivity contribution is 5.61. The van der Waals surface area contributed by atoms with E-state index in [9.17, 15) is 9.90 Å². The van der Waals surface area contributed by atoms with Crippen LogP contribution in [0.4, 0.5) is 0 Å². The first-order chi connectivity index (χ1) is 11.7. The van der Waals surface area contributed by atoms with E-state index in [1.807, 2.05) is 6.08 Å². The minimum absolute atomic E-state index is 0.0198. The monoisotopic (exact) mass is 324 g/mol. The number of hydrogen-bond donors (Lipinski definition) is 2. The molecular weight excluding hydrogens is 308 g/mol. The molecule has 0 saturated heterocycles. The number of ether oxygens (including phenoxy) is 1. The van der Waals surface area contributed by atoms with E-state index in [4.69, 9.17) is 4.74 Å². The number of hydrogen-bond acceptors (Lipinski definition) is 5. The molecule has 0 atom stereocenters. The van der Waals surface area contributed by atoms with Crippen LogP contribution in [0.15, 0.2) is 23.0 Å². The van der Waals surface area contributed by atoms with Crippen LogP contribution >= 0.6 is 0 Å². The number of phenols is 1. The van der Waals surface area contributed by atoms with E-state index in [0.717, 1.165) is 30.3 Å². The Kier molecular flexibility index (Phi) is 3.34. The lowest BCUT2D eigenvalue weighted by Gasteiger charge is -2.07. The fourth-order valence-electron chi connectivity index (χ4n) is 2.90. The first-order valence-electron chi connectivity index (χ1n) is 7.73. The maximum atomic E-state index is 12.3. The Morgan fingerprint density at radius 1 is 1.42 bits per heavy atom. The van der Waals surface area contributed by atoms with Crippen LogP contribution in [0.1, 0.15) is 24.1 Å². The summed E-state index contributed by atoms with van der Waals surface area (Å²) >= 11 is 0. The van der Waals surface area contributed by atoms with Crippen molar-refractivity contribution in [2.75, 3.05) is 7.11 Å². The van der Waals surface area contributed by atoms with Crippen molar-refractivity contribution in [2.45, 2.75) is 19.3 Å². The molecule has 1 aliphatic carbocycles. The normalized spacial score (nSPS) is 14.5. The van der Waals surface area contributed by atoms with Gasteiger partial charge in [0.05, 0.1) is 18.2 Å². The first kappa shape index (κ1) is 14.5. The number of nitrogens with zero attached hydrogens (tertiary/aromatic N) is 3. The lowest BCUT2D eigenvalue weighted by atomic mass is 10.1. The van der Waals surface area contributed by atoms with Crippen molar-refractivity contribution in [3.63, 3.8) is 0 Å². The van der Waals surface area contributed by atoms with Crippen LogP contribution in [-0.4, -0.2) is 31.8 Å². The molecule has 24 heavy (non-hydrogen) atoms. The topological polar surface area (TPSA) is 92.5 Å². The Bertz CT molecular complexity index is 1110. The van der Waals surface area contributed by atoms with Crippen molar-refractivity contribution in [1.29, 1.82) is 0 Å². The van der Waals surface area contributed by atoms with Crippen LogP contribution in [0.25, 0.3) is 17.9 Å². The van der Waals surface area contributed by atoms with Gasteiger partial charge in [-0.3, -0.25) is 9.78 Å². The fraction of sp³-hybridized carbons (Fsp3) is 0.235. The van der Waals surface area contributed by atoms with Crippen LogP contribution in [0.5, 0.6) is 11.5 Å². The largest absolute Gasteiger partial charge is 0.504 e. The number of nitrogens with one attached hydrogen (secondary N) is 1. The van der Waals surface area contributed by atoms with Gasteiger partial charge in [0.25, 0.3) is 5.56 Å². The summed E-state index contributed by atoms with van der Waals surface area (Å²) in [5.74, 6) is 0.721. The summed E-state index contributed by atoms with van der Waals surface area (Å²) in [6.45, 7) is 0. The number of aromatic amines is 1. The molecule has 2 heterocycles. The van der Waals surface area contributed by atoms with Crippen LogP contribution < -0.4 is 21.0 Å².